The van der Waals surface area contributed by atoms with E-state index in [9.17, 15) is 14.7 Å². The average Bonchev–Trinajstić information content (AvgIpc) is 2.54. The van der Waals surface area contributed by atoms with E-state index in [4.69, 9.17) is 0 Å². The number of aromatic nitrogens is 2. The molecule has 1 aromatic heterocycles. The molecule has 0 saturated carbocycles. The zero-order chi connectivity index (χ0) is 18.3. The number of thioether (sulfide) groups is 1. The van der Waals surface area contributed by atoms with Crippen LogP contribution in [0, 0.1) is 19.3 Å². The second-order valence-corrected chi connectivity index (χ2v) is 6.70. The summed E-state index contributed by atoms with van der Waals surface area (Å²) in [4.78, 5) is 32.4. The van der Waals surface area contributed by atoms with E-state index in [0.29, 0.717) is 25.7 Å². The van der Waals surface area contributed by atoms with Crippen molar-refractivity contribution in [2.45, 2.75) is 58.5 Å². The molecule has 6 nitrogen and oxygen atoms in total. The fraction of sp³-hybridized carbons (Fsp3) is 0.647. The summed E-state index contributed by atoms with van der Waals surface area (Å²) in [6, 6.07) is 0. The van der Waals surface area contributed by atoms with Gasteiger partial charge in [-0.25, -0.2) is 9.97 Å². The molecule has 0 aliphatic heterocycles. The van der Waals surface area contributed by atoms with Crippen molar-refractivity contribution < 1.29 is 14.7 Å². The number of hydrogen-bond donors (Lipinski definition) is 2. The van der Waals surface area contributed by atoms with Gasteiger partial charge in [0.05, 0.1) is 5.41 Å². The number of aryl methyl sites for hydroxylation is 2. The van der Waals surface area contributed by atoms with Gasteiger partial charge in [-0.15, -0.1) is 0 Å². The molecule has 0 atom stereocenters. The Labute approximate surface area is 147 Å². The Bertz CT molecular complexity index is 578. The summed E-state index contributed by atoms with van der Waals surface area (Å²) in [5.74, 6) is -1.00. The van der Waals surface area contributed by atoms with E-state index >= 15 is 0 Å². The van der Waals surface area contributed by atoms with Gasteiger partial charge >= 0.3 is 5.97 Å². The molecule has 0 fully saturated rings. The molecule has 0 aliphatic rings. The lowest BCUT2D eigenvalue weighted by molar-refractivity contribution is -0.149. The largest absolute Gasteiger partial charge is 0.481 e. The molecule has 24 heavy (non-hydrogen) atoms. The molecule has 0 bridgehead atoms. The van der Waals surface area contributed by atoms with Gasteiger partial charge in [0, 0.05) is 24.4 Å². The maximum atomic E-state index is 12.1. The number of nitrogens with one attached hydrogen (secondary N) is 1. The van der Waals surface area contributed by atoms with E-state index in [-0.39, 0.29) is 12.5 Å². The van der Waals surface area contributed by atoms with Gasteiger partial charge in [-0.05, 0) is 44.9 Å². The maximum absolute atomic E-state index is 12.1. The highest BCUT2D eigenvalue weighted by Gasteiger charge is 2.35. The third kappa shape index (κ3) is 4.93. The average molecular weight is 353 g/mol. The Morgan fingerprint density at radius 3 is 2.12 bits per heavy atom. The lowest BCUT2D eigenvalue weighted by Gasteiger charge is -2.26. The van der Waals surface area contributed by atoms with Gasteiger partial charge < -0.3 is 10.4 Å². The second kappa shape index (κ2) is 9.01. The number of carboxylic acid groups (broad SMARTS) is 1. The number of carbonyl (C=O) groups excluding carboxylic acids is 1. The number of aliphatic carboxylic acids is 1. The standard InChI is InChI=1S/C17H27N3O3S/c1-6-17(7-2,15(22)23)10-18-14(21)9-8-13-11(3)19-16(24-5)20-12(13)4/h6-10H2,1-5H3,(H,18,21)(H,22,23). The summed E-state index contributed by atoms with van der Waals surface area (Å²) in [6.07, 6.45) is 3.75. The molecule has 0 spiro atoms. The van der Waals surface area contributed by atoms with Crippen LogP contribution in [0.15, 0.2) is 5.16 Å². The Balaban J connectivity index is 2.66. The van der Waals surface area contributed by atoms with Crippen LogP contribution in [0.4, 0.5) is 0 Å². The van der Waals surface area contributed by atoms with E-state index in [1.165, 1.54) is 11.8 Å². The van der Waals surface area contributed by atoms with Crippen LogP contribution in [0.1, 0.15) is 50.1 Å². The zero-order valence-corrected chi connectivity index (χ0v) is 15.9. The molecular formula is C17H27N3O3S. The van der Waals surface area contributed by atoms with Crippen LogP contribution < -0.4 is 5.32 Å². The zero-order valence-electron chi connectivity index (χ0n) is 15.1. The molecular weight excluding hydrogens is 326 g/mol. The summed E-state index contributed by atoms with van der Waals surface area (Å²) >= 11 is 1.49. The second-order valence-electron chi connectivity index (χ2n) is 5.93. The first-order valence-electron chi connectivity index (χ1n) is 8.17. The van der Waals surface area contributed by atoms with Crippen molar-refractivity contribution in [1.29, 1.82) is 0 Å². The molecule has 1 aromatic rings. The maximum Gasteiger partial charge on any atom is 0.311 e. The fourth-order valence-electron chi connectivity index (χ4n) is 2.63. The molecule has 0 radical (unpaired) electrons. The van der Waals surface area contributed by atoms with Crippen LogP contribution in [-0.2, 0) is 16.0 Å². The highest BCUT2D eigenvalue weighted by Crippen LogP contribution is 2.25. The quantitative estimate of drug-likeness (QED) is 0.524. The number of carbonyl (C=O) groups is 2. The monoisotopic (exact) mass is 353 g/mol. The van der Waals surface area contributed by atoms with E-state index in [1.54, 1.807) is 0 Å². The molecule has 0 aliphatic carbocycles. The van der Waals surface area contributed by atoms with Gasteiger partial charge in [-0.1, -0.05) is 25.6 Å². The smallest absolute Gasteiger partial charge is 0.311 e. The van der Waals surface area contributed by atoms with Crippen molar-refractivity contribution in [2.24, 2.45) is 5.41 Å². The number of amides is 1. The topological polar surface area (TPSA) is 92.2 Å². The first kappa shape index (κ1) is 20.4. The highest BCUT2D eigenvalue weighted by molar-refractivity contribution is 7.98. The summed E-state index contributed by atoms with van der Waals surface area (Å²) < 4.78 is 0. The Morgan fingerprint density at radius 2 is 1.71 bits per heavy atom. The van der Waals surface area contributed by atoms with E-state index in [1.807, 2.05) is 34.0 Å². The molecule has 1 rings (SSSR count). The third-order valence-corrected chi connectivity index (χ3v) is 5.16. The van der Waals surface area contributed by atoms with Crippen molar-refractivity contribution >= 4 is 23.6 Å². The van der Waals surface area contributed by atoms with Crippen molar-refractivity contribution in [1.82, 2.24) is 15.3 Å². The van der Waals surface area contributed by atoms with Crippen molar-refractivity contribution in [3.63, 3.8) is 0 Å². The van der Waals surface area contributed by atoms with Crippen LogP contribution in [-0.4, -0.2) is 39.8 Å². The third-order valence-electron chi connectivity index (χ3n) is 4.62. The lowest BCUT2D eigenvalue weighted by Crippen LogP contribution is -2.42. The summed E-state index contributed by atoms with van der Waals surface area (Å²) in [5.41, 5.74) is 1.88. The fourth-order valence-corrected chi connectivity index (χ4v) is 3.09. The Hall–Kier alpha value is -1.63. The Morgan fingerprint density at radius 1 is 1.17 bits per heavy atom. The summed E-state index contributed by atoms with van der Waals surface area (Å²) in [7, 11) is 0. The van der Waals surface area contributed by atoms with Crippen LogP contribution in [0.25, 0.3) is 0 Å². The molecule has 0 aromatic carbocycles. The minimum Gasteiger partial charge on any atom is -0.481 e. The molecule has 7 heteroatoms. The van der Waals surface area contributed by atoms with Gasteiger partial charge in [0.1, 0.15) is 0 Å². The SMILES string of the molecule is CCC(CC)(CNC(=O)CCc1c(C)nc(SC)nc1C)C(=O)O. The van der Waals surface area contributed by atoms with Crippen LogP contribution in [0.3, 0.4) is 0 Å². The lowest BCUT2D eigenvalue weighted by atomic mass is 9.82. The minimum absolute atomic E-state index is 0.143. The van der Waals surface area contributed by atoms with Gasteiger partial charge in [0.15, 0.2) is 5.16 Å². The molecule has 1 heterocycles. The van der Waals surface area contributed by atoms with Gasteiger partial charge in [0.25, 0.3) is 0 Å². The number of rotatable bonds is 9. The highest BCUT2D eigenvalue weighted by atomic mass is 32.2. The number of hydrogen-bond acceptors (Lipinski definition) is 5. The van der Waals surface area contributed by atoms with Gasteiger partial charge in [0.2, 0.25) is 5.91 Å². The summed E-state index contributed by atoms with van der Waals surface area (Å²) in [6.45, 7) is 7.67. The van der Waals surface area contributed by atoms with Crippen LogP contribution in [0.5, 0.6) is 0 Å². The predicted octanol–water partition coefficient (Wildman–Crippen LogP) is 2.76. The summed E-state index contributed by atoms with van der Waals surface area (Å²) in [5, 5.41) is 12.9. The normalized spacial score (nSPS) is 11.4. The number of carboxylic acids is 1. The van der Waals surface area contributed by atoms with Crippen LogP contribution >= 0.6 is 11.8 Å². The van der Waals surface area contributed by atoms with Crippen molar-refractivity contribution in [3.05, 3.63) is 17.0 Å². The Kier molecular flexibility index (Phi) is 7.66. The molecule has 2 N–H and O–H groups in total. The van der Waals surface area contributed by atoms with Crippen molar-refractivity contribution in [2.75, 3.05) is 12.8 Å². The van der Waals surface area contributed by atoms with Gasteiger partial charge in [-0.3, -0.25) is 9.59 Å². The molecule has 0 unspecified atom stereocenters. The van der Waals surface area contributed by atoms with E-state index < -0.39 is 11.4 Å². The van der Waals surface area contributed by atoms with Crippen molar-refractivity contribution in [3.8, 4) is 0 Å². The van der Waals surface area contributed by atoms with Gasteiger partial charge in [-0.2, -0.15) is 0 Å². The minimum atomic E-state index is -0.884. The first-order valence-corrected chi connectivity index (χ1v) is 9.40. The molecule has 134 valence electrons. The van der Waals surface area contributed by atoms with Crippen LogP contribution in [0.2, 0.25) is 0 Å². The molecule has 0 saturated heterocycles. The molecule has 1 amide bonds. The number of nitrogens with zero attached hydrogens (tertiary/aromatic N) is 2. The van der Waals surface area contributed by atoms with E-state index in [0.717, 1.165) is 22.1 Å². The van der Waals surface area contributed by atoms with E-state index in [2.05, 4.69) is 15.3 Å². The predicted molar refractivity (Wildman–Crippen MR) is 95.3 cm³/mol. The first-order chi connectivity index (χ1) is 11.3.